The first-order valence-corrected chi connectivity index (χ1v) is 4.00. The summed E-state index contributed by atoms with van der Waals surface area (Å²) in [7, 11) is 0. The highest BCUT2D eigenvalue weighted by Crippen LogP contribution is 2.24. The Kier molecular flexibility index (Phi) is 2.69. The molecule has 1 N–H and O–H groups in total. The second-order valence-corrected chi connectivity index (χ2v) is 3.30. The lowest BCUT2D eigenvalue weighted by molar-refractivity contribution is -0.00740. The highest BCUT2D eigenvalue weighted by molar-refractivity contribution is 4.74. The first-order valence-electron chi connectivity index (χ1n) is 4.00. The molecule has 0 aromatic heterocycles. The van der Waals surface area contributed by atoms with Crippen LogP contribution in [0.3, 0.4) is 0 Å². The van der Waals surface area contributed by atoms with E-state index in [1.807, 2.05) is 0 Å². The lowest BCUT2D eigenvalue weighted by atomic mass is 10.0. The van der Waals surface area contributed by atoms with Crippen LogP contribution in [-0.2, 0) is 4.74 Å². The zero-order chi connectivity index (χ0) is 7.56. The molecule has 2 nitrogen and oxygen atoms in total. The van der Waals surface area contributed by atoms with Gasteiger partial charge < -0.3 is 9.84 Å². The Morgan fingerprint density at radius 3 is 2.50 bits per heavy atom. The van der Waals surface area contributed by atoms with Gasteiger partial charge in [-0.25, -0.2) is 0 Å². The minimum Gasteiger partial charge on any atom is -0.394 e. The first kappa shape index (κ1) is 8.02. The Balaban J connectivity index is 2.28. The summed E-state index contributed by atoms with van der Waals surface area (Å²) < 4.78 is 5.52. The van der Waals surface area contributed by atoms with E-state index in [1.165, 1.54) is 0 Å². The molecule has 0 aliphatic carbocycles. The molecule has 1 rings (SSSR count). The van der Waals surface area contributed by atoms with Crippen LogP contribution in [0.5, 0.6) is 0 Å². The van der Waals surface area contributed by atoms with Crippen molar-refractivity contribution < 1.29 is 9.84 Å². The Morgan fingerprint density at radius 1 is 1.50 bits per heavy atom. The van der Waals surface area contributed by atoms with Gasteiger partial charge in [0.05, 0.1) is 18.8 Å². The van der Waals surface area contributed by atoms with Crippen LogP contribution in [0, 0.1) is 5.92 Å². The van der Waals surface area contributed by atoms with Crippen molar-refractivity contribution in [1.29, 1.82) is 0 Å². The van der Waals surface area contributed by atoms with Crippen molar-refractivity contribution in [3.63, 3.8) is 0 Å². The van der Waals surface area contributed by atoms with Gasteiger partial charge in [-0.2, -0.15) is 0 Å². The number of hydrogen-bond acceptors (Lipinski definition) is 2. The predicted molar refractivity (Wildman–Crippen MR) is 39.8 cm³/mol. The second-order valence-electron chi connectivity index (χ2n) is 3.30. The highest BCUT2D eigenvalue weighted by atomic mass is 16.5. The van der Waals surface area contributed by atoms with E-state index in [4.69, 9.17) is 9.84 Å². The molecule has 0 saturated carbocycles. The third kappa shape index (κ3) is 1.70. The molecule has 1 aliphatic rings. The Labute approximate surface area is 62.2 Å². The van der Waals surface area contributed by atoms with E-state index in [0.717, 1.165) is 12.8 Å². The molecule has 1 aliphatic heterocycles. The Morgan fingerprint density at radius 2 is 2.20 bits per heavy atom. The molecule has 60 valence electrons. The molecule has 2 atom stereocenters. The largest absolute Gasteiger partial charge is 0.394 e. The van der Waals surface area contributed by atoms with Crippen LogP contribution in [0.15, 0.2) is 0 Å². The fraction of sp³-hybridized carbons (Fsp3) is 1.00. The molecule has 0 bridgehead atoms. The van der Waals surface area contributed by atoms with Gasteiger partial charge in [0.2, 0.25) is 0 Å². The molecule has 0 aromatic rings. The molecule has 2 heteroatoms. The summed E-state index contributed by atoms with van der Waals surface area (Å²) in [6.45, 7) is 4.50. The summed E-state index contributed by atoms with van der Waals surface area (Å²) in [5.41, 5.74) is 0. The van der Waals surface area contributed by atoms with Crippen LogP contribution >= 0.6 is 0 Å². The van der Waals surface area contributed by atoms with Gasteiger partial charge in [0.25, 0.3) is 0 Å². The van der Waals surface area contributed by atoms with Crippen LogP contribution in [0.25, 0.3) is 0 Å². The molecular weight excluding hydrogens is 128 g/mol. The van der Waals surface area contributed by atoms with Gasteiger partial charge in [-0.05, 0) is 18.8 Å². The summed E-state index contributed by atoms with van der Waals surface area (Å²) in [6.07, 6.45) is 2.65. The van der Waals surface area contributed by atoms with Crippen LogP contribution in [0.4, 0.5) is 0 Å². The third-order valence-electron chi connectivity index (χ3n) is 2.09. The van der Waals surface area contributed by atoms with Crippen molar-refractivity contribution in [2.24, 2.45) is 5.92 Å². The summed E-state index contributed by atoms with van der Waals surface area (Å²) in [5.74, 6) is 0.594. The average Bonchev–Trinajstić information content (AvgIpc) is 2.34. The molecule has 0 radical (unpaired) electrons. The summed E-state index contributed by atoms with van der Waals surface area (Å²) in [4.78, 5) is 0. The molecule has 1 heterocycles. The summed E-state index contributed by atoms with van der Waals surface area (Å²) in [5, 5.41) is 8.74. The number of hydrogen-bond donors (Lipinski definition) is 1. The number of aliphatic hydroxyl groups excluding tert-OH is 1. The van der Waals surface area contributed by atoms with E-state index >= 15 is 0 Å². The highest BCUT2D eigenvalue weighted by Gasteiger charge is 2.26. The van der Waals surface area contributed by atoms with Crippen LogP contribution in [0.1, 0.15) is 26.7 Å². The number of rotatable bonds is 2. The van der Waals surface area contributed by atoms with Crippen molar-refractivity contribution in [1.82, 2.24) is 0 Å². The maximum atomic E-state index is 8.74. The SMILES string of the molecule is CC(C)[C@@H]1CC[C@@H](CO)O1. The molecule has 0 unspecified atom stereocenters. The van der Waals surface area contributed by atoms with Gasteiger partial charge in [0, 0.05) is 0 Å². The Hall–Kier alpha value is -0.0800. The minimum absolute atomic E-state index is 0.118. The fourth-order valence-corrected chi connectivity index (χ4v) is 1.36. The van der Waals surface area contributed by atoms with Crippen LogP contribution in [-0.4, -0.2) is 23.9 Å². The van der Waals surface area contributed by atoms with E-state index in [9.17, 15) is 0 Å². The summed E-state index contributed by atoms with van der Waals surface area (Å²) in [6, 6.07) is 0. The van der Waals surface area contributed by atoms with Crippen LogP contribution in [0.2, 0.25) is 0 Å². The van der Waals surface area contributed by atoms with Crippen molar-refractivity contribution in [2.45, 2.75) is 38.9 Å². The van der Waals surface area contributed by atoms with Crippen molar-refractivity contribution in [3.8, 4) is 0 Å². The lowest BCUT2D eigenvalue weighted by Gasteiger charge is -2.14. The quantitative estimate of drug-likeness (QED) is 0.630. The molecule has 10 heavy (non-hydrogen) atoms. The zero-order valence-corrected chi connectivity index (χ0v) is 6.71. The predicted octanol–water partition coefficient (Wildman–Crippen LogP) is 1.18. The van der Waals surface area contributed by atoms with Crippen molar-refractivity contribution in [2.75, 3.05) is 6.61 Å². The third-order valence-corrected chi connectivity index (χ3v) is 2.09. The van der Waals surface area contributed by atoms with E-state index in [2.05, 4.69) is 13.8 Å². The van der Waals surface area contributed by atoms with Crippen molar-refractivity contribution in [3.05, 3.63) is 0 Å². The van der Waals surface area contributed by atoms with Gasteiger partial charge in [0.1, 0.15) is 0 Å². The number of ether oxygens (including phenoxy) is 1. The lowest BCUT2D eigenvalue weighted by Crippen LogP contribution is -2.18. The van der Waals surface area contributed by atoms with Gasteiger partial charge in [-0.1, -0.05) is 13.8 Å². The monoisotopic (exact) mass is 144 g/mol. The van der Waals surface area contributed by atoms with E-state index in [-0.39, 0.29) is 12.7 Å². The maximum absolute atomic E-state index is 8.74. The molecule has 0 spiro atoms. The summed E-state index contributed by atoms with van der Waals surface area (Å²) >= 11 is 0. The van der Waals surface area contributed by atoms with E-state index in [0.29, 0.717) is 12.0 Å². The van der Waals surface area contributed by atoms with Gasteiger partial charge in [0.15, 0.2) is 0 Å². The topological polar surface area (TPSA) is 29.5 Å². The first-order chi connectivity index (χ1) is 4.74. The van der Waals surface area contributed by atoms with E-state index in [1.54, 1.807) is 0 Å². The second kappa shape index (κ2) is 3.35. The smallest absolute Gasteiger partial charge is 0.0810 e. The Bertz CT molecular complexity index is 101. The minimum atomic E-state index is 0.118. The maximum Gasteiger partial charge on any atom is 0.0810 e. The average molecular weight is 144 g/mol. The normalized spacial score (nSPS) is 33.6. The molecule has 0 amide bonds. The van der Waals surface area contributed by atoms with Crippen molar-refractivity contribution >= 4 is 0 Å². The standard InChI is InChI=1S/C8H16O2/c1-6(2)8-4-3-7(5-9)10-8/h6-9H,3-5H2,1-2H3/t7-,8-/m0/s1. The molecular formula is C8H16O2. The van der Waals surface area contributed by atoms with Gasteiger partial charge in [-0.15, -0.1) is 0 Å². The molecule has 0 aromatic carbocycles. The van der Waals surface area contributed by atoms with Crippen LogP contribution < -0.4 is 0 Å². The fourth-order valence-electron chi connectivity index (χ4n) is 1.36. The van der Waals surface area contributed by atoms with Gasteiger partial charge in [-0.3, -0.25) is 0 Å². The molecule has 1 saturated heterocycles. The zero-order valence-electron chi connectivity index (χ0n) is 6.71. The van der Waals surface area contributed by atoms with E-state index < -0.39 is 0 Å². The van der Waals surface area contributed by atoms with Gasteiger partial charge >= 0.3 is 0 Å². The molecule has 1 fully saturated rings. The number of aliphatic hydroxyl groups is 1.